The Hall–Kier alpha value is -2.47. The van der Waals surface area contributed by atoms with Gasteiger partial charge in [-0.1, -0.05) is 6.07 Å². The average molecular weight is 258 g/mol. The molecular formula is C13H14N4O2. The summed E-state index contributed by atoms with van der Waals surface area (Å²) < 4.78 is 0. The summed E-state index contributed by atoms with van der Waals surface area (Å²) in [6.45, 7) is 1.46. The molecule has 0 saturated carbocycles. The van der Waals surface area contributed by atoms with E-state index in [1.165, 1.54) is 12.4 Å². The number of hydrogen-bond acceptors (Lipinski definition) is 6. The van der Waals surface area contributed by atoms with Gasteiger partial charge < -0.3 is 10.2 Å². The second-order valence-electron chi connectivity index (χ2n) is 3.87. The Morgan fingerprint density at radius 1 is 1.37 bits per heavy atom. The number of hydrazone groups is 1. The zero-order chi connectivity index (χ0) is 13.7. The van der Waals surface area contributed by atoms with E-state index in [1.54, 1.807) is 25.3 Å². The lowest BCUT2D eigenvalue weighted by Gasteiger charge is -2.07. The van der Waals surface area contributed by atoms with Gasteiger partial charge in [0.1, 0.15) is 11.6 Å². The van der Waals surface area contributed by atoms with Crippen molar-refractivity contribution in [2.24, 2.45) is 5.10 Å². The van der Waals surface area contributed by atoms with Gasteiger partial charge in [-0.15, -0.1) is 0 Å². The van der Waals surface area contributed by atoms with Crippen LogP contribution in [0.4, 0.5) is 5.82 Å². The molecule has 19 heavy (non-hydrogen) atoms. The van der Waals surface area contributed by atoms with Gasteiger partial charge >= 0.3 is 0 Å². The van der Waals surface area contributed by atoms with E-state index < -0.39 is 0 Å². The lowest BCUT2D eigenvalue weighted by atomic mass is 10.1. The Kier molecular flexibility index (Phi) is 4.04. The van der Waals surface area contributed by atoms with Gasteiger partial charge in [-0.05, 0) is 19.1 Å². The maximum Gasteiger partial charge on any atom is 0.146 e. The van der Waals surface area contributed by atoms with E-state index in [4.69, 9.17) is 0 Å². The second-order valence-corrected chi connectivity index (χ2v) is 3.87. The van der Waals surface area contributed by atoms with E-state index in [9.17, 15) is 10.2 Å². The number of aryl methyl sites for hydroxylation is 1. The highest BCUT2D eigenvalue weighted by molar-refractivity contribution is 5.86. The predicted octanol–water partition coefficient (Wildman–Crippen LogP) is 1.43. The molecule has 2 aromatic heterocycles. The van der Waals surface area contributed by atoms with Crippen LogP contribution in [0.1, 0.15) is 16.8 Å². The minimum atomic E-state index is -0.216. The number of anilines is 1. The Morgan fingerprint density at radius 2 is 2.21 bits per heavy atom. The Bertz CT molecular complexity index is 585. The molecule has 0 aliphatic heterocycles. The van der Waals surface area contributed by atoms with Crippen LogP contribution in [0.25, 0.3) is 0 Å². The van der Waals surface area contributed by atoms with Crippen molar-refractivity contribution >= 4 is 12.0 Å². The van der Waals surface area contributed by atoms with E-state index in [2.05, 4.69) is 20.5 Å². The Labute approximate surface area is 110 Å². The normalized spacial score (nSPS) is 10.8. The molecule has 0 bridgehead atoms. The molecule has 2 heterocycles. The Morgan fingerprint density at radius 3 is 2.89 bits per heavy atom. The summed E-state index contributed by atoms with van der Waals surface area (Å²) >= 11 is 0. The molecule has 2 rings (SSSR count). The summed E-state index contributed by atoms with van der Waals surface area (Å²) in [5.41, 5.74) is 4.17. The lowest BCUT2D eigenvalue weighted by Crippen LogP contribution is -2.00. The maximum atomic E-state index is 9.90. The van der Waals surface area contributed by atoms with Crippen LogP contribution in [0, 0.1) is 6.92 Å². The number of aromatic hydroxyl groups is 1. The average Bonchev–Trinajstić information content (AvgIpc) is 2.45. The highest BCUT2D eigenvalue weighted by Crippen LogP contribution is 2.21. The van der Waals surface area contributed by atoms with Gasteiger partial charge in [0.05, 0.1) is 18.5 Å². The zero-order valence-electron chi connectivity index (χ0n) is 10.4. The topological polar surface area (TPSA) is 90.6 Å². The van der Waals surface area contributed by atoms with Crippen LogP contribution in [0.15, 0.2) is 35.7 Å². The van der Waals surface area contributed by atoms with Crippen LogP contribution in [0.3, 0.4) is 0 Å². The van der Waals surface area contributed by atoms with Crippen molar-refractivity contribution < 1.29 is 10.2 Å². The summed E-state index contributed by atoms with van der Waals surface area (Å²) in [5, 5.41) is 23.1. The third-order valence-electron chi connectivity index (χ3n) is 2.57. The number of rotatable bonds is 4. The van der Waals surface area contributed by atoms with E-state index in [1.807, 2.05) is 6.07 Å². The quantitative estimate of drug-likeness (QED) is 0.570. The fourth-order valence-electron chi connectivity index (χ4n) is 1.51. The summed E-state index contributed by atoms with van der Waals surface area (Å²) in [5.74, 6) is 0.604. The molecule has 98 valence electrons. The van der Waals surface area contributed by atoms with E-state index in [0.29, 0.717) is 22.6 Å². The van der Waals surface area contributed by atoms with Crippen molar-refractivity contribution in [1.82, 2.24) is 9.97 Å². The largest absolute Gasteiger partial charge is 0.505 e. The first-order valence-corrected chi connectivity index (χ1v) is 5.70. The SMILES string of the molecule is Cc1ncc(CO)c(/C=N/Nc2ccccn2)c1O. The van der Waals surface area contributed by atoms with Crippen molar-refractivity contribution in [2.45, 2.75) is 13.5 Å². The van der Waals surface area contributed by atoms with Crippen molar-refractivity contribution in [3.8, 4) is 5.75 Å². The smallest absolute Gasteiger partial charge is 0.146 e. The van der Waals surface area contributed by atoms with Crippen LogP contribution >= 0.6 is 0 Å². The standard InChI is InChI=1S/C13H14N4O2/c1-9-13(19)11(10(8-18)6-15-9)7-16-17-12-4-2-3-5-14-12/h2-7,18-19H,8H2,1H3,(H,14,17)/b16-7+. The molecule has 3 N–H and O–H groups in total. The highest BCUT2D eigenvalue weighted by atomic mass is 16.3. The Balaban J connectivity index is 2.21. The van der Waals surface area contributed by atoms with Gasteiger partial charge in [-0.2, -0.15) is 5.10 Å². The summed E-state index contributed by atoms with van der Waals surface area (Å²) in [4.78, 5) is 8.02. The molecule has 0 unspecified atom stereocenters. The molecule has 6 nitrogen and oxygen atoms in total. The number of hydrogen-bond donors (Lipinski definition) is 3. The fourth-order valence-corrected chi connectivity index (χ4v) is 1.51. The van der Waals surface area contributed by atoms with E-state index in [0.717, 1.165) is 0 Å². The molecular weight excluding hydrogens is 244 g/mol. The molecule has 0 saturated heterocycles. The fraction of sp³-hybridized carbons (Fsp3) is 0.154. The predicted molar refractivity (Wildman–Crippen MR) is 72.0 cm³/mol. The first kappa shape index (κ1) is 13.0. The summed E-state index contributed by atoms with van der Waals surface area (Å²) in [6.07, 6.45) is 4.59. The van der Waals surface area contributed by atoms with Gasteiger partial charge in [0, 0.05) is 23.5 Å². The number of nitrogens with one attached hydrogen (secondary N) is 1. The number of pyridine rings is 2. The second kappa shape index (κ2) is 5.92. The molecule has 0 fully saturated rings. The third-order valence-corrected chi connectivity index (χ3v) is 2.57. The molecule has 0 amide bonds. The summed E-state index contributed by atoms with van der Waals surface area (Å²) in [7, 11) is 0. The zero-order valence-corrected chi connectivity index (χ0v) is 10.4. The maximum absolute atomic E-state index is 9.90. The highest BCUT2D eigenvalue weighted by Gasteiger charge is 2.09. The first-order chi connectivity index (χ1) is 9.22. The monoisotopic (exact) mass is 258 g/mol. The number of aliphatic hydroxyl groups excluding tert-OH is 1. The van der Waals surface area contributed by atoms with E-state index >= 15 is 0 Å². The number of aromatic nitrogens is 2. The van der Waals surface area contributed by atoms with Crippen LogP contribution in [-0.2, 0) is 6.61 Å². The molecule has 0 spiro atoms. The third kappa shape index (κ3) is 3.05. The molecule has 0 aliphatic rings. The number of nitrogens with zero attached hydrogens (tertiary/aromatic N) is 3. The van der Waals surface area contributed by atoms with Crippen LogP contribution in [0.2, 0.25) is 0 Å². The van der Waals surface area contributed by atoms with Gasteiger partial charge in [0.25, 0.3) is 0 Å². The van der Waals surface area contributed by atoms with Gasteiger partial charge in [-0.25, -0.2) is 4.98 Å². The van der Waals surface area contributed by atoms with Crippen LogP contribution in [0.5, 0.6) is 5.75 Å². The van der Waals surface area contributed by atoms with Crippen LogP contribution in [-0.4, -0.2) is 26.4 Å². The van der Waals surface area contributed by atoms with Crippen molar-refractivity contribution in [1.29, 1.82) is 0 Å². The van der Waals surface area contributed by atoms with Crippen LogP contribution < -0.4 is 5.43 Å². The van der Waals surface area contributed by atoms with Crippen molar-refractivity contribution in [2.75, 3.05) is 5.43 Å². The molecule has 0 aromatic carbocycles. The van der Waals surface area contributed by atoms with Gasteiger partial charge in [0.15, 0.2) is 0 Å². The molecule has 0 aliphatic carbocycles. The molecule has 0 radical (unpaired) electrons. The molecule has 2 aromatic rings. The molecule has 6 heteroatoms. The van der Waals surface area contributed by atoms with Crippen molar-refractivity contribution in [3.05, 3.63) is 47.4 Å². The van der Waals surface area contributed by atoms with E-state index in [-0.39, 0.29) is 12.4 Å². The van der Waals surface area contributed by atoms with Crippen molar-refractivity contribution in [3.63, 3.8) is 0 Å². The minimum Gasteiger partial charge on any atom is -0.505 e. The van der Waals surface area contributed by atoms with Gasteiger partial charge in [-0.3, -0.25) is 10.4 Å². The van der Waals surface area contributed by atoms with Gasteiger partial charge in [0.2, 0.25) is 0 Å². The lowest BCUT2D eigenvalue weighted by molar-refractivity contribution is 0.280. The summed E-state index contributed by atoms with van der Waals surface area (Å²) in [6, 6.07) is 5.40. The first-order valence-electron chi connectivity index (χ1n) is 5.70. The minimum absolute atomic E-state index is 0.0121. The number of aliphatic hydroxyl groups is 1. The molecule has 0 atom stereocenters.